The molecule has 94 valence electrons. The lowest BCUT2D eigenvalue weighted by Gasteiger charge is -2.20. The Morgan fingerprint density at radius 1 is 1.56 bits per heavy atom. The quantitative estimate of drug-likeness (QED) is 0.730. The van der Waals surface area contributed by atoms with Crippen LogP contribution in [-0.4, -0.2) is 31.7 Å². The number of rotatable bonds is 5. The summed E-state index contributed by atoms with van der Waals surface area (Å²) in [6, 6.07) is 0. The van der Waals surface area contributed by atoms with Crippen molar-refractivity contribution in [1.82, 2.24) is 5.32 Å². The van der Waals surface area contributed by atoms with Crippen molar-refractivity contribution in [1.29, 1.82) is 0 Å². The summed E-state index contributed by atoms with van der Waals surface area (Å²) >= 11 is 0. The van der Waals surface area contributed by atoms with E-state index < -0.39 is 0 Å². The smallest absolute Gasteiger partial charge is 0.224 e. The molecule has 3 atom stereocenters. The van der Waals surface area contributed by atoms with Gasteiger partial charge in [-0.15, -0.1) is 0 Å². The van der Waals surface area contributed by atoms with Gasteiger partial charge in [0.1, 0.15) is 0 Å². The number of hydrogen-bond donors (Lipinski definition) is 2. The Bertz CT molecular complexity index is 231. The molecule has 0 aliphatic carbocycles. The molecule has 1 heterocycles. The average molecular weight is 228 g/mol. The third kappa shape index (κ3) is 3.46. The van der Waals surface area contributed by atoms with Gasteiger partial charge in [0.25, 0.3) is 0 Å². The maximum atomic E-state index is 11.8. The molecule has 16 heavy (non-hydrogen) atoms. The van der Waals surface area contributed by atoms with E-state index in [4.69, 9.17) is 10.5 Å². The molecular weight excluding hydrogens is 204 g/mol. The molecule has 0 radical (unpaired) electrons. The minimum atomic E-state index is -0.0716. The molecule has 0 bridgehead atoms. The van der Waals surface area contributed by atoms with E-state index in [0.717, 1.165) is 13.0 Å². The van der Waals surface area contributed by atoms with Crippen LogP contribution >= 0.6 is 0 Å². The Morgan fingerprint density at radius 2 is 2.25 bits per heavy atom. The van der Waals surface area contributed by atoms with Gasteiger partial charge in [-0.2, -0.15) is 0 Å². The molecule has 1 rings (SSSR count). The lowest BCUT2D eigenvalue weighted by atomic mass is 9.94. The van der Waals surface area contributed by atoms with Crippen LogP contribution in [0.15, 0.2) is 0 Å². The van der Waals surface area contributed by atoms with Crippen LogP contribution in [0.3, 0.4) is 0 Å². The Labute approximate surface area is 97.9 Å². The van der Waals surface area contributed by atoms with E-state index in [-0.39, 0.29) is 17.9 Å². The van der Waals surface area contributed by atoms with Gasteiger partial charge >= 0.3 is 0 Å². The SMILES string of the molecule is CC(C)C(CN)C(=O)NCC1CCOC1C. The van der Waals surface area contributed by atoms with Crippen molar-refractivity contribution in [2.45, 2.75) is 33.3 Å². The first-order valence-corrected chi connectivity index (χ1v) is 6.15. The van der Waals surface area contributed by atoms with Crippen LogP contribution in [-0.2, 0) is 9.53 Å². The second-order valence-electron chi connectivity index (χ2n) is 4.96. The second-order valence-corrected chi connectivity index (χ2v) is 4.96. The predicted octanol–water partition coefficient (Wildman–Crippen LogP) is 0.759. The van der Waals surface area contributed by atoms with Crippen LogP contribution in [0.25, 0.3) is 0 Å². The van der Waals surface area contributed by atoms with Crippen LogP contribution in [0.2, 0.25) is 0 Å². The Hall–Kier alpha value is -0.610. The summed E-state index contributed by atoms with van der Waals surface area (Å²) < 4.78 is 5.46. The highest BCUT2D eigenvalue weighted by Crippen LogP contribution is 2.19. The van der Waals surface area contributed by atoms with E-state index in [0.29, 0.717) is 24.9 Å². The molecule has 1 saturated heterocycles. The number of nitrogens with one attached hydrogen (secondary N) is 1. The van der Waals surface area contributed by atoms with E-state index in [2.05, 4.69) is 12.2 Å². The van der Waals surface area contributed by atoms with Gasteiger partial charge in [-0.25, -0.2) is 0 Å². The maximum Gasteiger partial charge on any atom is 0.224 e. The third-order valence-electron chi connectivity index (χ3n) is 3.47. The van der Waals surface area contributed by atoms with Crippen molar-refractivity contribution in [3.63, 3.8) is 0 Å². The molecule has 0 aromatic heterocycles. The third-order valence-corrected chi connectivity index (χ3v) is 3.47. The first kappa shape index (κ1) is 13.5. The van der Waals surface area contributed by atoms with E-state index >= 15 is 0 Å². The molecule has 0 spiro atoms. The zero-order valence-corrected chi connectivity index (χ0v) is 10.5. The highest BCUT2D eigenvalue weighted by Gasteiger charge is 2.26. The van der Waals surface area contributed by atoms with Crippen LogP contribution in [0.1, 0.15) is 27.2 Å². The summed E-state index contributed by atoms with van der Waals surface area (Å²) in [4.78, 5) is 11.8. The monoisotopic (exact) mass is 228 g/mol. The van der Waals surface area contributed by atoms with E-state index in [9.17, 15) is 4.79 Å². The predicted molar refractivity (Wildman–Crippen MR) is 63.9 cm³/mol. The van der Waals surface area contributed by atoms with Crippen molar-refractivity contribution < 1.29 is 9.53 Å². The highest BCUT2D eigenvalue weighted by molar-refractivity contribution is 5.79. The molecular formula is C12H24N2O2. The molecule has 3 unspecified atom stereocenters. The molecule has 0 aromatic carbocycles. The summed E-state index contributed by atoms with van der Waals surface area (Å²) in [5, 5.41) is 2.99. The first-order chi connectivity index (χ1) is 7.56. The van der Waals surface area contributed by atoms with Gasteiger partial charge in [0.15, 0.2) is 0 Å². The number of amides is 1. The fourth-order valence-electron chi connectivity index (χ4n) is 2.09. The van der Waals surface area contributed by atoms with Crippen molar-refractivity contribution in [2.75, 3.05) is 19.7 Å². The van der Waals surface area contributed by atoms with Gasteiger partial charge < -0.3 is 15.8 Å². The Balaban J connectivity index is 2.33. The average Bonchev–Trinajstić information content (AvgIpc) is 2.61. The lowest BCUT2D eigenvalue weighted by molar-refractivity contribution is -0.126. The number of hydrogen-bond acceptors (Lipinski definition) is 3. The van der Waals surface area contributed by atoms with Crippen molar-refractivity contribution in [2.24, 2.45) is 23.5 Å². The summed E-state index contributed by atoms with van der Waals surface area (Å²) in [6.45, 7) is 8.05. The lowest BCUT2D eigenvalue weighted by Crippen LogP contribution is -2.40. The van der Waals surface area contributed by atoms with Crippen molar-refractivity contribution in [3.8, 4) is 0 Å². The van der Waals surface area contributed by atoms with Gasteiger partial charge in [0.2, 0.25) is 5.91 Å². The first-order valence-electron chi connectivity index (χ1n) is 6.15. The largest absolute Gasteiger partial charge is 0.378 e. The zero-order chi connectivity index (χ0) is 12.1. The fraction of sp³-hybridized carbons (Fsp3) is 0.917. The summed E-state index contributed by atoms with van der Waals surface area (Å²) in [5.41, 5.74) is 5.60. The number of carbonyl (C=O) groups excluding carboxylic acids is 1. The van der Waals surface area contributed by atoms with Crippen LogP contribution < -0.4 is 11.1 Å². The van der Waals surface area contributed by atoms with Crippen molar-refractivity contribution in [3.05, 3.63) is 0 Å². The topological polar surface area (TPSA) is 64.4 Å². The molecule has 1 aliphatic rings. The van der Waals surface area contributed by atoms with E-state index in [1.807, 2.05) is 13.8 Å². The van der Waals surface area contributed by atoms with Crippen molar-refractivity contribution >= 4 is 5.91 Å². The maximum absolute atomic E-state index is 11.8. The minimum Gasteiger partial charge on any atom is -0.378 e. The molecule has 1 aliphatic heterocycles. The summed E-state index contributed by atoms with van der Waals surface area (Å²) in [7, 11) is 0. The van der Waals surface area contributed by atoms with Gasteiger partial charge in [0, 0.05) is 25.6 Å². The molecule has 0 aromatic rings. The Kier molecular flexibility index (Phi) is 5.22. The Morgan fingerprint density at radius 3 is 2.69 bits per heavy atom. The van der Waals surface area contributed by atoms with Gasteiger partial charge in [-0.1, -0.05) is 13.8 Å². The van der Waals surface area contributed by atoms with Crippen LogP contribution in [0, 0.1) is 17.8 Å². The highest BCUT2D eigenvalue weighted by atomic mass is 16.5. The van der Waals surface area contributed by atoms with E-state index in [1.165, 1.54) is 0 Å². The van der Waals surface area contributed by atoms with Gasteiger partial charge in [0.05, 0.1) is 12.0 Å². The van der Waals surface area contributed by atoms with Crippen LogP contribution in [0.5, 0.6) is 0 Å². The molecule has 3 N–H and O–H groups in total. The molecule has 1 amide bonds. The van der Waals surface area contributed by atoms with Gasteiger partial charge in [-0.3, -0.25) is 4.79 Å². The second kappa shape index (κ2) is 6.21. The summed E-state index contributed by atoms with van der Waals surface area (Å²) in [5.74, 6) is 0.756. The zero-order valence-electron chi connectivity index (χ0n) is 10.5. The molecule has 4 nitrogen and oxygen atoms in total. The fourth-order valence-corrected chi connectivity index (χ4v) is 2.09. The number of carbonyl (C=O) groups is 1. The number of nitrogens with two attached hydrogens (primary N) is 1. The molecule has 4 heteroatoms. The van der Waals surface area contributed by atoms with E-state index in [1.54, 1.807) is 0 Å². The summed E-state index contributed by atoms with van der Waals surface area (Å²) in [6.07, 6.45) is 1.30. The molecule has 0 saturated carbocycles. The van der Waals surface area contributed by atoms with Gasteiger partial charge in [-0.05, 0) is 19.3 Å². The minimum absolute atomic E-state index is 0.0716. The number of ether oxygens (including phenoxy) is 1. The standard InChI is InChI=1S/C12H24N2O2/c1-8(2)11(6-13)12(15)14-7-10-4-5-16-9(10)3/h8-11H,4-7,13H2,1-3H3,(H,14,15). The normalized spacial score (nSPS) is 27.1. The van der Waals surface area contributed by atoms with Crippen LogP contribution in [0.4, 0.5) is 0 Å². The molecule has 1 fully saturated rings.